The topological polar surface area (TPSA) is 149 Å². The predicted octanol–water partition coefficient (Wildman–Crippen LogP) is -0.869. The van der Waals surface area contributed by atoms with Crippen molar-refractivity contribution < 1.29 is 20.1 Å². The molecule has 0 bridgehead atoms. The number of hydrogen-bond acceptors (Lipinski definition) is 9. The maximum atomic E-state index is 11.1. The summed E-state index contributed by atoms with van der Waals surface area (Å²) in [6.07, 6.45) is -0.546. The van der Waals surface area contributed by atoms with Crippen molar-refractivity contribution in [1.29, 1.82) is 5.26 Å². The standard InChI is InChI=1S/C15H18N6O4/c1-13(2)14(23)7(5-22)25-12(15(13,14)24)21-6-18-9-10(17-3)19-8(4-16)20-11(9)21/h6-7,12,22-24H,5H2,1-3H3,(H,17,19,20)/t7-,12-,14-,15+/m1/s1. The normalized spacial score (nSPS) is 35.4. The molecule has 2 fully saturated rings. The van der Waals surface area contributed by atoms with E-state index in [9.17, 15) is 15.3 Å². The number of nitrogens with zero attached hydrogens (tertiary/aromatic N) is 5. The van der Waals surface area contributed by atoms with Gasteiger partial charge in [-0.15, -0.1) is 0 Å². The van der Waals surface area contributed by atoms with Crippen LogP contribution in [0, 0.1) is 16.7 Å². The number of hydrogen-bond donors (Lipinski definition) is 4. The predicted molar refractivity (Wildman–Crippen MR) is 84.3 cm³/mol. The van der Waals surface area contributed by atoms with Gasteiger partial charge in [-0.2, -0.15) is 15.2 Å². The monoisotopic (exact) mass is 346 g/mol. The second-order valence-electron chi connectivity index (χ2n) is 6.90. The molecule has 25 heavy (non-hydrogen) atoms. The molecule has 3 heterocycles. The van der Waals surface area contributed by atoms with E-state index in [0.29, 0.717) is 11.3 Å². The van der Waals surface area contributed by atoms with Crippen LogP contribution in [0.25, 0.3) is 11.2 Å². The molecule has 132 valence electrons. The molecule has 4 atom stereocenters. The Bertz CT molecular complexity index is 921. The average molecular weight is 346 g/mol. The molecule has 0 aromatic carbocycles. The molecule has 0 amide bonds. The fraction of sp³-hybridized carbons (Fsp3) is 0.600. The van der Waals surface area contributed by atoms with E-state index in [2.05, 4.69) is 20.3 Å². The average Bonchev–Trinajstić information content (AvgIpc) is 2.98. The Kier molecular flexibility index (Phi) is 3.00. The van der Waals surface area contributed by atoms with Gasteiger partial charge in [0.05, 0.1) is 12.9 Å². The van der Waals surface area contributed by atoms with E-state index in [-0.39, 0.29) is 11.5 Å². The minimum atomic E-state index is -1.63. The first kappa shape index (κ1) is 16.2. The van der Waals surface area contributed by atoms with Gasteiger partial charge in [-0.1, -0.05) is 13.8 Å². The Morgan fingerprint density at radius 3 is 2.64 bits per heavy atom. The molecule has 10 heteroatoms. The summed E-state index contributed by atoms with van der Waals surface area (Å²) in [6.45, 7) is 2.98. The Morgan fingerprint density at radius 1 is 1.36 bits per heavy atom. The van der Waals surface area contributed by atoms with Crippen molar-refractivity contribution >= 4 is 17.0 Å². The maximum absolute atomic E-state index is 11.1. The number of aliphatic hydroxyl groups excluding tert-OH is 1. The van der Waals surface area contributed by atoms with Gasteiger partial charge >= 0.3 is 0 Å². The Morgan fingerprint density at radius 2 is 2.08 bits per heavy atom. The van der Waals surface area contributed by atoms with E-state index in [1.165, 1.54) is 10.9 Å². The van der Waals surface area contributed by atoms with Crippen LogP contribution in [0.5, 0.6) is 0 Å². The lowest BCUT2D eigenvalue weighted by atomic mass is 10.0. The second kappa shape index (κ2) is 4.64. The van der Waals surface area contributed by atoms with E-state index in [1.54, 1.807) is 20.9 Å². The van der Waals surface area contributed by atoms with Crippen molar-refractivity contribution in [3.63, 3.8) is 0 Å². The van der Waals surface area contributed by atoms with Crippen molar-refractivity contribution in [3.8, 4) is 6.07 Å². The number of rotatable bonds is 3. The lowest BCUT2D eigenvalue weighted by Gasteiger charge is -2.26. The summed E-state index contributed by atoms with van der Waals surface area (Å²) < 4.78 is 7.19. The third-order valence-electron chi connectivity index (χ3n) is 5.72. The van der Waals surface area contributed by atoms with Gasteiger partial charge in [0.2, 0.25) is 5.82 Å². The molecule has 4 N–H and O–H groups in total. The minimum absolute atomic E-state index is 0.0624. The largest absolute Gasteiger partial charge is 0.394 e. The van der Waals surface area contributed by atoms with E-state index in [1.807, 2.05) is 6.07 Å². The summed E-state index contributed by atoms with van der Waals surface area (Å²) in [7, 11) is 1.64. The molecule has 1 saturated carbocycles. The van der Waals surface area contributed by atoms with Crippen molar-refractivity contribution in [2.75, 3.05) is 19.0 Å². The highest BCUT2D eigenvalue weighted by Gasteiger charge is 2.92. The molecular formula is C15H18N6O4. The van der Waals surface area contributed by atoms with Crippen LogP contribution in [0.1, 0.15) is 25.9 Å². The van der Waals surface area contributed by atoms with Crippen LogP contribution in [0.2, 0.25) is 0 Å². The Balaban J connectivity index is 1.91. The molecule has 2 aliphatic rings. The quantitative estimate of drug-likeness (QED) is 0.556. The van der Waals surface area contributed by atoms with Crippen molar-refractivity contribution in [2.45, 2.75) is 37.4 Å². The number of imidazole rings is 1. The van der Waals surface area contributed by atoms with Gasteiger partial charge < -0.3 is 25.4 Å². The molecule has 2 aromatic rings. The van der Waals surface area contributed by atoms with Crippen LogP contribution in [0.15, 0.2) is 6.33 Å². The summed E-state index contributed by atoms with van der Waals surface area (Å²) in [4.78, 5) is 12.5. The smallest absolute Gasteiger partial charge is 0.236 e. The summed E-state index contributed by atoms with van der Waals surface area (Å²) in [5.41, 5.74) is -3.42. The summed E-state index contributed by atoms with van der Waals surface area (Å²) >= 11 is 0. The van der Waals surface area contributed by atoms with E-state index in [0.717, 1.165) is 0 Å². The van der Waals surface area contributed by atoms with Gasteiger partial charge in [0.1, 0.15) is 23.4 Å². The van der Waals surface area contributed by atoms with Crippen LogP contribution >= 0.6 is 0 Å². The SMILES string of the molecule is CNc1nc(C#N)nc2c1ncn2[C@@H]1O[C@H](CO)[C@@]2(O)C(C)(C)[C@@]12O. The molecule has 10 nitrogen and oxygen atoms in total. The fourth-order valence-corrected chi connectivity index (χ4v) is 4.15. The van der Waals surface area contributed by atoms with Crippen molar-refractivity contribution in [1.82, 2.24) is 19.5 Å². The van der Waals surface area contributed by atoms with Gasteiger partial charge in [0.15, 0.2) is 23.2 Å². The lowest BCUT2D eigenvalue weighted by Crippen LogP contribution is -2.36. The van der Waals surface area contributed by atoms with Crippen LogP contribution in [-0.4, -0.2) is 65.8 Å². The van der Waals surface area contributed by atoms with E-state index in [4.69, 9.17) is 10.00 Å². The van der Waals surface area contributed by atoms with Gasteiger partial charge in [-0.25, -0.2) is 4.98 Å². The molecule has 0 unspecified atom stereocenters. The zero-order valence-corrected chi connectivity index (χ0v) is 13.9. The highest BCUT2D eigenvalue weighted by atomic mass is 16.6. The van der Waals surface area contributed by atoms with Crippen LogP contribution in [0.3, 0.4) is 0 Å². The molecule has 1 aliphatic heterocycles. The minimum Gasteiger partial charge on any atom is -0.394 e. The first-order valence-corrected chi connectivity index (χ1v) is 7.81. The molecule has 2 aromatic heterocycles. The Hall–Kier alpha value is -2.32. The number of aromatic nitrogens is 4. The zero-order valence-electron chi connectivity index (χ0n) is 13.9. The third kappa shape index (κ3) is 1.55. The second-order valence-corrected chi connectivity index (χ2v) is 6.90. The van der Waals surface area contributed by atoms with Crippen LogP contribution < -0.4 is 5.32 Å². The number of fused-ring (bicyclic) bond motifs is 2. The summed E-state index contributed by atoms with van der Waals surface area (Å²) in [6, 6.07) is 1.88. The first-order chi connectivity index (χ1) is 11.8. The molecule has 4 rings (SSSR count). The number of nitriles is 1. The maximum Gasteiger partial charge on any atom is 0.236 e. The van der Waals surface area contributed by atoms with Crippen molar-refractivity contribution in [3.05, 3.63) is 12.2 Å². The first-order valence-electron chi connectivity index (χ1n) is 7.81. The molecule has 0 spiro atoms. The molecule has 1 aliphatic carbocycles. The molecular weight excluding hydrogens is 328 g/mol. The van der Waals surface area contributed by atoms with Gasteiger partial charge in [-0.05, 0) is 0 Å². The summed E-state index contributed by atoms with van der Waals surface area (Å²) in [5.74, 6) is 0.307. The number of aliphatic hydroxyl groups is 3. The van der Waals surface area contributed by atoms with Crippen molar-refractivity contribution in [2.24, 2.45) is 5.41 Å². The lowest BCUT2D eigenvalue weighted by molar-refractivity contribution is -0.123. The van der Waals surface area contributed by atoms with E-state index < -0.39 is 35.6 Å². The molecule has 0 radical (unpaired) electrons. The number of ether oxygens (including phenoxy) is 1. The fourth-order valence-electron chi connectivity index (χ4n) is 4.15. The van der Waals surface area contributed by atoms with Crippen LogP contribution in [-0.2, 0) is 4.74 Å². The zero-order chi connectivity index (χ0) is 18.2. The van der Waals surface area contributed by atoms with E-state index >= 15 is 0 Å². The van der Waals surface area contributed by atoms with Crippen LogP contribution in [0.4, 0.5) is 5.82 Å². The highest BCUT2D eigenvalue weighted by molar-refractivity contribution is 5.83. The number of anilines is 1. The van der Waals surface area contributed by atoms with Gasteiger partial charge in [0.25, 0.3) is 0 Å². The van der Waals surface area contributed by atoms with Gasteiger partial charge in [-0.3, -0.25) is 4.57 Å². The molecule has 1 saturated heterocycles. The Labute approximate surface area is 142 Å². The highest BCUT2D eigenvalue weighted by Crippen LogP contribution is 2.75. The third-order valence-corrected chi connectivity index (χ3v) is 5.72. The van der Waals surface area contributed by atoms with Gasteiger partial charge in [0, 0.05) is 12.5 Å². The number of nitrogens with one attached hydrogen (secondary N) is 1. The summed E-state index contributed by atoms with van der Waals surface area (Å²) in [5, 5.41) is 43.6.